The summed E-state index contributed by atoms with van der Waals surface area (Å²) in [6.45, 7) is 3.07. The van der Waals surface area contributed by atoms with Gasteiger partial charge in [0.2, 0.25) is 0 Å². The van der Waals surface area contributed by atoms with Crippen LogP contribution in [0.25, 0.3) is 11.4 Å². The van der Waals surface area contributed by atoms with Crippen LogP contribution in [0.15, 0.2) is 29.4 Å². The molecule has 22 heavy (non-hydrogen) atoms. The van der Waals surface area contributed by atoms with E-state index in [1.54, 1.807) is 0 Å². The standard InChI is InChI=1S/C16H19ClN4S/c1-2-3-4-5-11-21-15(13-6-8-14(17)9-7-13)19-20-16(21)22-12-10-18/h6-9H,2-5,11-12H2,1H3. The van der Waals surface area contributed by atoms with Crippen LogP contribution in [0.3, 0.4) is 0 Å². The largest absolute Gasteiger partial charge is 0.302 e. The fourth-order valence-electron chi connectivity index (χ4n) is 2.20. The maximum absolute atomic E-state index is 8.78. The minimum Gasteiger partial charge on any atom is -0.302 e. The molecule has 6 heteroatoms. The van der Waals surface area contributed by atoms with Crippen molar-refractivity contribution in [2.45, 2.75) is 44.3 Å². The van der Waals surface area contributed by atoms with Crippen LogP contribution < -0.4 is 0 Å². The van der Waals surface area contributed by atoms with Gasteiger partial charge in [-0.3, -0.25) is 0 Å². The SMILES string of the molecule is CCCCCCn1c(SCC#N)nnc1-c1ccc(Cl)cc1. The molecule has 0 unspecified atom stereocenters. The first kappa shape index (κ1) is 16.9. The van der Waals surface area contributed by atoms with Crippen LogP contribution in [-0.2, 0) is 6.54 Å². The Kier molecular flexibility index (Phi) is 6.75. The van der Waals surface area contributed by atoms with Gasteiger partial charge in [-0.15, -0.1) is 10.2 Å². The first-order valence-electron chi connectivity index (χ1n) is 7.45. The lowest BCUT2D eigenvalue weighted by molar-refractivity contribution is 0.556. The summed E-state index contributed by atoms with van der Waals surface area (Å²) in [7, 11) is 0. The molecule has 1 aromatic heterocycles. The van der Waals surface area contributed by atoms with Gasteiger partial charge in [0.15, 0.2) is 11.0 Å². The van der Waals surface area contributed by atoms with Gasteiger partial charge in [0.1, 0.15) is 0 Å². The smallest absolute Gasteiger partial charge is 0.192 e. The number of thioether (sulfide) groups is 1. The van der Waals surface area contributed by atoms with Gasteiger partial charge in [-0.25, -0.2) is 0 Å². The van der Waals surface area contributed by atoms with E-state index in [1.165, 1.54) is 31.0 Å². The average Bonchev–Trinajstić information content (AvgIpc) is 2.93. The highest BCUT2D eigenvalue weighted by atomic mass is 35.5. The Bertz CT molecular complexity index is 631. The van der Waals surface area contributed by atoms with E-state index in [0.717, 1.165) is 29.5 Å². The van der Waals surface area contributed by atoms with E-state index >= 15 is 0 Å². The molecular weight excluding hydrogens is 316 g/mol. The Labute approximate surface area is 140 Å². The Hall–Kier alpha value is -1.51. The number of nitrogens with zero attached hydrogens (tertiary/aromatic N) is 4. The van der Waals surface area contributed by atoms with Gasteiger partial charge < -0.3 is 4.57 Å². The molecule has 2 aromatic rings. The van der Waals surface area contributed by atoms with Crippen LogP contribution in [0.2, 0.25) is 5.02 Å². The summed E-state index contributed by atoms with van der Waals surface area (Å²) >= 11 is 7.38. The Balaban J connectivity index is 2.22. The molecule has 0 aliphatic heterocycles. The maximum atomic E-state index is 8.78. The molecule has 4 nitrogen and oxygen atoms in total. The van der Waals surface area contributed by atoms with Crippen molar-refractivity contribution in [2.24, 2.45) is 0 Å². The van der Waals surface area contributed by atoms with Crippen molar-refractivity contribution in [1.29, 1.82) is 5.26 Å². The normalized spacial score (nSPS) is 10.6. The molecule has 0 spiro atoms. The van der Waals surface area contributed by atoms with E-state index in [9.17, 15) is 0 Å². The highest BCUT2D eigenvalue weighted by molar-refractivity contribution is 7.99. The van der Waals surface area contributed by atoms with Crippen LogP contribution in [0.1, 0.15) is 32.6 Å². The van der Waals surface area contributed by atoms with E-state index in [1.807, 2.05) is 24.3 Å². The summed E-state index contributed by atoms with van der Waals surface area (Å²) in [5.41, 5.74) is 0.996. The molecule has 0 aliphatic rings. The molecular formula is C16H19ClN4S. The monoisotopic (exact) mass is 334 g/mol. The van der Waals surface area contributed by atoms with E-state index in [-0.39, 0.29) is 0 Å². The van der Waals surface area contributed by atoms with Crippen molar-refractivity contribution in [3.63, 3.8) is 0 Å². The Morgan fingerprint density at radius 2 is 1.95 bits per heavy atom. The van der Waals surface area contributed by atoms with Crippen molar-refractivity contribution in [3.8, 4) is 17.5 Å². The van der Waals surface area contributed by atoms with E-state index in [0.29, 0.717) is 10.8 Å². The summed E-state index contributed by atoms with van der Waals surface area (Å²) in [5, 5.41) is 18.8. The van der Waals surface area contributed by atoms with E-state index < -0.39 is 0 Å². The lowest BCUT2D eigenvalue weighted by atomic mass is 10.2. The lowest BCUT2D eigenvalue weighted by Crippen LogP contribution is -2.03. The lowest BCUT2D eigenvalue weighted by Gasteiger charge is -2.09. The zero-order valence-electron chi connectivity index (χ0n) is 12.6. The molecule has 1 heterocycles. The number of nitriles is 1. The number of benzene rings is 1. The predicted molar refractivity (Wildman–Crippen MR) is 90.9 cm³/mol. The number of halogens is 1. The molecule has 116 valence electrons. The molecule has 0 radical (unpaired) electrons. The summed E-state index contributed by atoms with van der Waals surface area (Å²) in [4.78, 5) is 0. The first-order chi connectivity index (χ1) is 10.8. The molecule has 0 aliphatic carbocycles. The van der Waals surface area contributed by atoms with Gasteiger partial charge in [0.25, 0.3) is 0 Å². The summed E-state index contributed by atoms with van der Waals surface area (Å²) in [5.74, 6) is 1.22. The van der Waals surface area contributed by atoms with Crippen molar-refractivity contribution in [1.82, 2.24) is 14.8 Å². The average molecular weight is 335 g/mol. The van der Waals surface area contributed by atoms with Gasteiger partial charge in [-0.2, -0.15) is 5.26 Å². The fraction of sp³-hybridized carbons (Fsp3) is 0.438. The number of unbranched alkanes of at least 4 members (excludes halogenated alkanes) is 3. The summed E-state index contributed by atoms with van der Waals surface area (Å²) < 4.78 is 2.11. The van der Waals surface area contributed by atoms with Gasteiger partial charge in [0.05, 0.1) is 11.8 Å². The van der Waals surface area contributed by atoms with Crippen molar-refractivity contribution >= 4 is 23.4 Å². The Morgan fingerprint density at radius 3 is 2.64 bits per heavy atom. The van der Waals surface area contributed by atoms with Crippen molar-refractivity contribution < 1.29 is 0 Å². The molecule has 0 N–H and O–H groups in total. The summed E-state index contributed by atoms with van der Waals surface area (Å²) in [6.07, 6.45) is 4.73. The second-order valence-electron chi connectivity index (χ2n) is 4.97. The third kappa shape index (κ3) is 4.49. The zero-order valence-corrected chi connectivity index (χ0v) is 14.2. The zero-order chi connectivity index (χ0) is 15.8. The van der Waals surface area contributed by atoms with Crippen LogP contribution in [0.4, 0.5) is 0 Å². The third-order valence-corrected chi connectivity index (χ3v) is 4.41. The minimum atomic E-state index is 0.383. The number of rotatable bonds is 8. The Morgan fingerprint density at radius 1 is 1.18 bits per heavy atom. The number of hydrogen-bond acceptors (Lipinski definition) is 4. The quantitative estimate of drug-likeness (QED) is 0.514. The van der Waals surface area contributed by atoms with E-state index in [4.69, 9.17) is 16.9 Å². The van der Waals surface area contributed by atoms with Crippen molar-refractivity contribution in [2.75, 3.05) is 5.75 Å². The van der Waals surface area contributed by atoms with Crippen LogP contribution in [0, 0.1) is 11.3 Å². The third-order valence-electron chi connectivity index (χ3n) is 3.32. The minimum absolute atomic E-state index is 0.383. The van der Waals surface area contributed by atoms with Gasteiger partial charge in [-0.05, 0) is 30.7 Å². The first-order valence-corrected chi connectivity index (χ1v) is 8.81. The van der Waals surface area contributed by atoms with E-state index in [2.05, 4.69) is 27.8 Å². The fourth-order valence-corrected chi connectivity index (χ4v) is 2.95. The number of hydrogen-bond donors (Lipinski definition) is 0. The highest BCUT2D eigenvalue weighted by Crippen LogP contribution is 2.25. The van der Waals surface area contributed by atoms with Crippen LogP contribution in [0.5, 0.6) is 0 Å². The van der Waals surface area contributed by atoms with Crippen molar-refractivity contribution in [3.05, 3.63) is 29.3 Å². The van der Waals surface area contributed by atoms with Crippen LogP contribution in [-0.4, -0.2) is 20.5 Å². The molecule has 0 fully saturated rings. The van der Waals surface area contributed by atoms with Gasteiger partial charge in [-0.1, -0.05) is 49.5 Å². The van der Waals surface area contributed by atoms with Gasteiger partial charge in [0, 0.05) is 17.1 Å². The predicted octanol–water partition coefficient (Wildman–Crippen LogP) is 4.79. The number of aromatic nitrogens is 3. The maximum Gasteiger partial charge on any atom is 0.192 e. The molecule has 0 bridgehead atoms. The highest BCUT2D eigenvalue weighted by Gasteiger charge is 2.14. The molecule has 0 saturated carbocycles. The molecule has 0 amide bonds. The second kappa shape index (κ2) is 8.82. The topological polar surface area (TPSA) is 54.5 Å². The molecule has 1 aromatic carbocycles. The molecule has 2 rings (SSSR count). The second-order valence-corrected chi connectivity index (χ2v) is 6.35. The summed E-state index contributed by atoms with van der Waals surface area (Å²) in [6, 6.07) is 9.76. The van der Waals surface area contributed by atoms with Gasteiger partial charge >= 0.3 is 0 Å². The van der Waals surface area contributed by atoms with Crippen LogP contribution >= 0.6 is 23.4 Å². The molecule has 0 saturated heterocycles. The molecule has 0 atom stereocenters.